The average Bonchev–Trinajstić information content (AvgIpc) is 1.99. The number of amides is 1. The number of hydrogen-bond acceptors (Lipinski definition) is 3. The Hall–Kier alpha value is -1.70. The summed E-state index contributed by atoms with van der Waals surface area (Å²) in [6.07, 6.45) is 4.14. The van der Waals surface area contributed by atoms with Crippen LogP contribution in [0.3, 0.4) is 0 Å². The Bertz CT molecular complexity index is 324. The Morgan fingerprint density at radius 1 is 1.38 bits per heavy atom. The van der Waals surface area contributed by atoms with Crippen LogP contribution in [0.5, 0.6) is 0 Å². The molecule has 0 radical (unpaired) electrons. The molecule has 0 rings (SSSR count). The second-order valence-electron chi connectivity index (χ2n) is 4.65. The molecule has 0 spiro atoms. The largest absolute Gasteiger partial charge is 0.479 e. The first-order valence-corrected chi connectivity index (χ1v) is 4.79. The van der Waals surface area contributed by atoms with Crippen LogP contribution in [0, 0.1) is 12.3 Å². The number of rotatable bonds is 3. The Labute approximate surface area is 95.2 Å². The van der Waals surface area contributed by atoms with Gasteiger partial charge in [0.05, 0.1) is 0 Å². The molecule has 16 heavy (non-hydrogen) atoms. The van der Waals surface area contributed by atoms with Gasteiger partial charge >= 0.3 is 12.1 Å². The van der Waals surface area contributed by atoms with Crippen molar-refractivity contribution < 1.29 is 19.4 Å². The third-order valence-electron chi connectivity index (χ3n) is 1.70. The van der Waals surface area contributed by atoms with E-state index in [9.17, 15) is 9.59 Å². The number of hydrogen-bond donors (Lipinski definition) is 2. The van der Waals surface area contributed by atoms with E-state index >= 15 is 0 Å². The maximum atomic E-state index is 11.4. The summed E-state index contributed by atoms with van der Waals surface area (Å²) in [5.74, 6) is 1.01. The number of terminal acetylenes is 1. The van der Waals surface area contributed by atoms with Gasteiger partial charge in [0.15, 0.2) is 0 Å². The van der Waals surface area contributed by atoms with E-state index in [1.807, 2.05) is 0 Å². The van der Waals surface area contributed by atoms with Gasteiger partial charge in [-0.1, -0.05) is 0 Å². The molecule has 2 N–H and O–H groups in total. The highest BCUT2D eigenvalue weighted by Gasteiger charge is 2.35. The molecule has 1 unspecified atom stereocenters. The second kappa shape index (κ2) is 4.88. The molecule has 0 aromatic heterocycles. The van der Waals surface area contributed by atoms with Crippen LogP contribution in [0.15, 0.2) is 0 Å². The molecule has 0 aliphatic carbocycles. The van der Waals surface area contributed by atoms with Crippen LogP contribution in [0.2, 0.25) is 0 Å². The van der Waals surface area contributed by atoms with Gasteiger partial charge in [-0.15, -0.1) is 12.3 Å². The zero-order chi connectivity index (χ0) is 13.0. The molecule has 0 bridgehead atoms. The quantitative estimate of drug-likeness (QED) is 0.714. The molecule has 0 aliphatic heterocycles. The summed E-state index contributed by atoms with van der Waals surface area (Å²) in [6.45, 7) is 6.39. The maximum Gasteiger partial charge on any atom is 0.408 e. The first-order valence-electron chi connectivity index (χ1n) is 4.79. The highest BCUT2D eigenvalue weighted by Crippen LogP contribution is 2.12. The van der Waals surface area contributed by atoms with E-state index in [2.05, 4.69) is 11.2 Å². The summed E-state index contributed by atoms with van der Waals surface area (Å²) < 4.78 is 4.95. The summed E-state index contributed by atoms with van der Waals surface area (Å²) in [5.41, 5.74) is -2.18. The minimum absolute atomic E-state index is 0.110. The molecule has 5 nitrogen and oxygen atoms in total. The monoisotopic (exact) mass is 227 g/mol. The van der Waals surface area contributed by atoms with Gasteiger partial charge in [0, 0.05) is 6.42 Å². The van der Waals surface area contributed by atoms with Crippen molar-refractivity contribution in [1.82, 2.24) is 5.32 Å². The number of aliphatic carboxylic acids is 1. The molecule has 5 heteroatoms. The van der Waals surface area contributed by atoms with Crippen molar-refractivity contribution in [2.24, 2.45) is 0 Å². The lowest BCUT2D eigenvalue weighted by Crippen LogP contribution is -2.53. The fraction of sp³-hybridized carbons (Fsp3) is 0.636. The highest BCUT2D eigenvalue weighted by atomic mass is 16.6. The van der Waals surface area contributed by atoms with Crippen LogP contribution in [-0.4, -0.2) is 28.3 Å². The van der Waals surface area contributed by atoms with Gasteiger partial charge in [0.25, 0.3) is 0 Å². The Balaban J connectivity index is 4.61. The summed E-state index contributed by atoms with van der Waals surface area (Å²) in [4.78, 5) is 22.3. The topological polar surface area (TPSA) is 75.6 Å². The number of alkyl carbamates (subject to hydrolysis) is 1. The van der Waals surface area contributed by atoms with Crippen LogP contribution < -0.4 is 5.32 Å². The lowest BCUT2D eigenvalue weighted by Gasteiger charge is -2.26. The first kappa shape index (κ1) is 14.3. The summed E-state index contributed by atoms with van der Waals surface area (Å²) in [5, 5.41) is 11.2. The van der Waals surface area contributed by atoms with Crippen LogP contribution >= 0.6 is 0 Å². The number of carbonyl (C=O) groups is 2. The molecule has 0 heterocycles. The van der Waals surface area contributed by atoms with Crippen LogP contribution in [-0.2, 0) is 9.53 Å². The number of nitrogens with one attached hydrogen (secondary N) is 1. The molecule has 0 saturated heterocycles. The number of ether oxygens (including phenoxy) is 1. The van der Waals surface area contributed by atoms with Gasteiger partial charge in [-0.2, -0.15) is 0 Å². The predicted octanol–water partition coefficient (Wildman–Crippen LogP) is 1.38. The third-order valence-corrected chi connectivity index (χ3v) is 1.70. The van der Waals surface area contributed by atoms with Crippen molar-refractivity contribution in [3.8, 4) is 12.3 Å². The smallest absolute Gasteiger partial charge is 0.408 e. The molecule has 0 aromatic carbocycles. The van der Waals surface area contributed by atoms with E-state index in [0.717, 1.165) is 0 Å². The Morgan fingerprint density at radius 2 is 1.88 bits per heavy atom. The predicted molar refractivity (Wildman–Crippen MR) is 58.9 cm³/mol. The molecule has 0 aromatic rings. The number of carboxylic acid groups (broad SMARTS) is 1. The van der Waals surface area contributed by atoms with E-state index in [0.29, 0.717) is 0 Å². The lowest BCUT2D eigenvalue weighted by molar-refractivity contribution is -0.143. The molecule has 1 amide bonds. The number of carbonyl (C=O) groups excluding carboxylic acids is 1. The number of carboxylic acids is 1. The SMILES string of the molecule is C#CCC(C)(NC(=O)OC(C)(C)C)C(=O)O. The van der Waals surface area contributed by atoms with Gasteiger partial charge in [0.1, 0.15) is 11.1 Å². The van der Waals surface area contributed by atoms with Gasteiger partial charge in [-0.25, -0.2) is 9.59 Å². The van der Waals surface area contributed by atoms with Crippen molar-refractivity contribution in [2.75, 3.05) is 0 Å². The summed E-state index contributed by atoms with van der Waals surface area (Å²) in [7, 11) is 0. The fourth-order valence-electron chi connectivity index (χ4n) is 0.906. The van der Waals surface area contributed by atoms with Crippen LogP contribution in [0.1, 0.15) is 34.1 Å². The Kier molecular flexibility index (Phi) is 4.36. The molecule has 0 aliphatic rings. The van der Waals surface area contributed by atoms with Gasteiger partial charge in [-0.3, -0.25) is 0 Å². The standard InChI is InChI=1S/C11H17NO4/c1-6-7-11(5,8(13)14)12-9(15)16-10(2,3)4/h1H,7H2,2-5H3,(H,12,15)(H,13,14). The van der Waals surface area contributed by atoms with Crippen molar-refractivity contribution in [1.29, 1.82) is 0 Å². The molecule has 0 saturated carbocycles. The molecule has 1 atom stereocenters. The minimum atomic E-state index is -1.50. The zero-order valence-corrected chi connectivity index (χ0v) is 9.96. The summed E-state index contributed by atoms with van der Waals surface area (Å²) >= 11 is 0. The van der Waals surface area contributed by atoms with E-state index in [1.165, 1.54) is 6.92 Å². The summed E-state index contributed by atoms with van der Waals surface area (Å²) in [6, 6.07) is 0. The lowest BCUT2D eigenvalue weighted by atomic mass is 9.99. The van der Waals surface area contributed by atoms with Crippen molar-refractivity contribution >= 4 is 12.1 Å². The second-order valence-corrected chi connectivity index (χ2v) is 4.65. The van der Waals surface area contributed by atoms with Crippen LogP contribution in [0.25, 0.3) is 0 Å². The Morgan fingerprint density at radius 3 is 2.19 bits per heavy atom. The van der Waals surface area contributed by atoms with E-state index < -0.39 is 23.2 Å². The van der Waals surface area contributed by atoms with Gasteiger partial charge < -0.3 is 15.2 Å². The highest BCUT2D eigenvalue weighted by molar-refractivity contribution is 5.84. The van der Waals surface area contributed by atoms with Gasteiger partial charge in [-0.05, 0) is 27.7 Å². The first-order chi connectivity index (χ1) is 7.10. The minimum Gasteiger partial charge on any atom is -0.479 e. The van der Waals surface area contributed by atoms with E-state index in [-0.39, 0.29) is 6.42 Å². The maximum absolute atomic E-state index is 11.4. The van der Waals surface area contributed by atoms with E-state index in [4.69, 9.17) is 16.3 Å². The van der Waals surface area contributed by atoms with E-state index in [1.54, 1.807) is 20.8 Å². The third kappa shape index (κ3) is 4.69. The molecule has 0 fully saturated rings. The molecule has 90 valence electrons. The van der Waals surface area contributed by atoms with Crippen molar-refractivity contribution in [3.05, 3.63) is 0 Å². The van der Waals surface area contributed by atoms with Crippen LogP contribution in [0.4, 0.5) is 4.79 Å². The van der Waals surface area contributed by atoms with Crippen molar-refractivity contribution in [2.45, 2.75) is 45.3 Å². The normalized spacial score (nSPS) is 14.4. The molecular weight excluding hydrogens is 210 g/mol. The van der Waals surface area contributed by atoms with Crippen molar-refractivity contribution in [3.63, 3.8) is 0 Å². The zero-order valence-electron chi connectivity index (χ0n) is 9.96. The molecular formula is C11H17NO4. The van der Waals surface area contributed by atoms with Gasteiger partial charge in [0.2, 0.25) is 0 Å². The fourth-order valence-corrected chi connectivity index (χ4v) is 0.906. The average molecular weight is 227 g/mol.